The molecule has 108 valence electrons. The van der Waals surface area contributed by atoms with Crippen LogP contribution < -0.4 is 0 Å². The molecule has 0 heterocycles. The molecule has 0 radical (unpaired) electrons. The number of hydrogen-bond acceptors (Lipinski definition) is 2. The number of benzene rings is 1. The fraction of sp³-hybridized carbons (Fsp3) is 0.647. The van der Waals surface area contributed by atoms with Crippen molar-refractivity contribution in [3.63, 3.8) is 0 Å². The molecule has 2 heteroatoms. The highest BCUT2D eigenvalue weighted by Crippen LogP contribution is 2.22. The summed E-state index contributed by atoms with van der Waals surface area (Å²) in [7, 11) is 2.12. The lowest BCUT2D eigenvalue weighted by atomic mass is 9.96. The molecule has 0 saturated heterocycles. The Bertz CT molecular complexity index is 369. The van der Waals surface area contributed by atoms with Crippen LogP contribution in [0.5, 0.6) is 0 Å². The molecule has 2 nitrogen and oxygen atoms in total. The van der Waals surface area contributed by atoms with E-state index < -0.39 is 0 Å². The van der Waals surface area contributed by atoms with E-state index in [1.165, 1.54) is 17.5 Å². The maximum atomic E-state index is 9.11. The highest BCUT2D eigenvalue weighted by molar-refractivity contribution is 5.25. The van der Waals surface area contributed by atoms with Crippen molar-refractivity contribution in [1.29, 1.82) is 0 Å². The van der Waals surface area contributed by atoms with Gasteiger partial charge in [-0.25, -0.2) is 0 Å². The van der Waals surface area contributed by atoms with Crippen molar-refractivity contribution in [2.45, 2.75) is 58.5 Å². The number of aliphatic hydroxyl groups is 1. The van der Waals surface area contributed by atoms with Gasteiger partial charge in [-0.05, 0) is 50.8 Å². The zero-order valence-corrected chi connectivity index (χ0v) is 13.1. The van der Waals surface area contributed by atoms with Crippen LogP contribution in [0.2, 0.25) is 0 Å². The van der Waals surface area contributed by atoms with Crippen LogP contribution in [0.25, 0.3) is 0 Å². The molecule has 1 aromatic carbocycles. The summed E-state index contributed by atoms with van der Waals surface area (Å²) in [6.45, 7) is 10.0. The van der Waals surface area contributed by atoms with Gasteiger partial charge in [-0.15, -0.1) is 0 Å². The van der Waals surface area contributed by atoms with Crippen LogP contribution in [0.1, 0.15) is 57.6 Å². The number of rotatable bonds is 7. The summed E-state index contributed by atoms with van der Waals surface area (Å²) in [6, 6.07) is 8.95. The van der Waals surface area contributed by atoms with Gasteiger partial charge >= 0.3 is 0 Å². The number of hydrogen-bond donors (Lipinski definition) is 1. The highest BCUT2D eigenvalue weighted by Gasteiger charge is 2.22. The summed E-state index contributed by atoms with van der Waals surface area (Å²) < 4.78 is 0. The lowest BCUT2D eigenvalue weighted by Gasteiger charge is -2.35. The fourth-order valence-corrected chi connectivity index (χ4v) is 2.14. The lowest BCUT2D eigenvalue weighted by Crippen LogP contribution is -2.41. The SMILES string of the molecule is CCC(C)c1ccc(CN(C)C(C)(C)CCO)cc1. The molecule has 0 amide bonds. The molecule has 0 aliphatic carbocycles. The van der Waals surface area contributed by atoms with Crippen molar-refractivity contribution in [3.8, 4) is 0 Å². The minimum Gasteiger partial charge on any atom is -0.396 e. The standard InChI is InChI=1S/C17H29NO/c1-6-14(2)16-9-7-15(8-10-16)13-18(5)17(3,4)11-12-19/h7-10,14,19H,6,11-13H2,1-5H3. The fourth-order valence-electron chi connectivity index (χ4n) is 2.14. The van der Waals surface area contributed by atoms with Crippen LogP contribution in [0.15, 0.2) is 24.3 Å². The van der Waals surface area contributed by atoms with Crippen molar-refractivity contribution in [1.82, 2.24) is 4.90 Å². The highest BCUT2D eigenvalue weighted by atomic mass is 16.3. The summed E-state index contributed by atoms with van der Waals surface area (Å²) in [5, 5.41) is 9.11. The van der Waals surface area contributed by atoms with E-state index in [1.54, 1.807) is 0 Å². The second-order valence-electron chi connectivity index (χ2n) is 6.19. The molecule has 1 atom stereocenters. The second kappa shape index (κ2) is 7.06. The Morgan fingerprint density at radius 2 is 1.79 bits per heavy atom. The Labute approximate surface area is 118 Å². The molecule has 19 heavy (non-hydrogen) atoms. The van der Waals surface area contributed by atoms with E-state index in [0.717, 1.165) is 13.0 Å². The van der Waals surface area contributed by atoms with Crippen molar-refractivity contribution >= 4 is 0 Å². The van der Waals surface area contributed by atoms with Gasteiger partial charge in [0, 0.05) is 18.7 Å². The van der Waals surface area contributed by atoms with Crippen LogP contribution in [0, 0.1) is 0 Å². The van der Waals surface area contributed by atoms with Gasteiger partial charge in [0.15, 0.2) is 0 Å². The largest absolute Gasteiger partial charge is 0.396 e. The molecule has 0 aromatic heterocycles. The average Bonchev–Trinajstić information content (AvgIpc) is 2.38. The molecule has 0 aliphatic heterocycles. The van der Waals surface area contributed by atoms with Gasteiger partial charge in [-0.3, -0.25) is 4.90 Å². The summed E-state index contributed by atoms with van der Waals surface area (Å²) in [4.78, 5) is 2.31. The Morgan fingerprint density at radius 1 is 1.21 bits per heavy atom. The number of aliphatic hydroxyl groups excluding tert-OH is 1. The molecular formula is C17H29NO. The van der Waals surface area contributed by atoms with Gasteiger partial charge in [0.1, 0.15) is 0 Å². The normalized spacial score (nSPS) is 13.8. The van der Waals surface area contributed by atoms with Crippen molar-refractivity contribution in [3.05, 3.63) is 35.4 Å². The smallest absolute Gasteiger partial charge is 0.0448 e. The quantitative estimate of drug-likeness (QED) is 0.809. The van der Waals surface area contributed by atoms with Gasteiger partial charge in [-0.2, -0.15) is 0 Å². The molecule has 1 rings (SSSR count). The average molecular weight is 263 g/mol. The van der Waals surface area contributed by atoms with Crippen molar-refractivity contribution < 1.29 is 5.11 Å². The Kier molecular flexibility index (Phi) is 6.02. The molecular weight excluding hydrogens is 234 g/mol. The van der Waals surface area contributed by atoms with Crippen molar-refractivity contribution in [2.75, 3.05) is 13.7 Å². The third kappa shape index (κ3) is 4.63. The molecule has 1 aromatic rings. The van der Waals surface area contributed by atoms with Crippen LogP contribution >= 0.6 is 0 Å². The summed E-state index contributed by atoms with van der Waals surface area (Å²) in [5.74, 6) is 0.637. The Morgan fingerprint density at radius 3 is 2.26 bits per heavy atom. The first-order chi connectivity index (χ1) is 8.90. The van der Waals surface area contributed by atoms with Crippen LogP contribution in [0.4, 0.5) is 0 Å². The summed E-state index contributed by atoms with van der Waals surface area (Å²) in [6.07, 6.45) is 1.98. The van der Waals surface area contributed by atoms with E-state index in [4.69, 9.17) is 5.11 Å². The van der Waals surface area contributed by atoms with Gasteiger partial charge in [-0.1, -0.05) is 38.1 Å². The maximum absolute atomic E-state index is 9.11. The molecule has 0 fully saturated rings. The molecule has 0 bridgehead atoms. The summed E-state index contributed by atoms with van der Waals surface area (Å²) in [5.41, 5.74) is 2.79. The lowest BCUT2D eigenvalue weighted by molar-refractivity contribution is 0.110. The zero-order chi connectivity index (χ0) is 14.5. The topological polar surface area (TPSA) is 23.5 Å². The monoisotopic (exact) mass is 263 g/mol. The van der Waals surface area contributed by atoms with E-state index in [0.29, 0.717) is 5.92 Å². The van der Waals surface area contributed by atoms with Crippen LogP contribution in [0.3, 0.4) is 0 Å². The third-order valence-electron chi connectivity index (χ3n) is 4.34. The predicted molar refractivity (Wildman–Crippen MR) is 82.4 cm³/mol. The molecule has 0 aliphatic rings. The first kappa shape index (κ1) is 16.2. The minimum atomic E-state index is 0.0319. The zero-order valence-electron chi connectivity index (χ0n) is 13.1. The first-order valence-electron chi connectivity index (χ1n) is 7.31. The van der Waals surface area contributed by atoms with Gasteiger partial charge < -0.3 is 5.11 Å². The van der Waals surface area contributed by atoms with E-state index in [-0.39, 0.29) is 12.1 Å². The van der Waals surface area contributed by atoms with Crippen molar-refractivity contribution in [2.24, 2.45) is 0 Å². The van der Waals surface area contributed by atoms with E-state index >= 15 is 0 Å². The molecule has 0 saturated carbocycles. The minimum absolute atomic E-state index is 0.0319. The van der Waals surface area contributed by atoms with Gasteiger partial charge in [0.2, 0.25) is 0 Å². The van der Waals surface area contributed by atoms with Gasteiger partial charge in [0.25, 0.3) is 0 Å². The van der Waals surface area contributed by atoms with Gasteiger partial charge in [0.05, 0.1) is 0 Å². The first-order valence-corrected chi connectivity index (χ1v) is 7.31. The molecule has 0 spiro atoms. The maximum Gasteiger partial charge on any atom is 0.0448 e. The molecule has 1 unspecified atom stereocenters. The van der Waals surface area contributed by atoms with E-state index in [2.05, 4.69) is 63.9 Å². The van der Waals surface area contributed by atoms with Crippen LogP contribution in [-0.2, 0) is 6.54 Å². The predicted octanol–water partition coefficient (Wildman–Crippen LogP) is 3.79. The third-order valence-corrected chi connectivity index (χ3v) is 4.34. The molecule has 1 N–H and O–H groups in total. The second-order valence-corrected chi connectivity index (χ2v) is 6.19. The van der Waals surface area contributed by atoms with E-state index in [9.17, 15) is 0 Å². The Hall–Kier alpha value is -0.860. The van der Waals surface area contributed by atoms with E-state index in [1.807, 2.05) is 0 Å². The Balaban J connectivity index is 2.67. The van der Waals surface area contributed by atoms with Crippen LogP contribution in [-0.4, -0.2) is 29.2 Å². The number of nitrogens with zero attached hydrogens (tertiary/aromatic N) is 1. The summed E-state index contributed by atoms with van der Waals surface area (Å²) >= 11 is 0.